The smallest absolute Gasteiger partial charge is 0.381 e. The third-order valence-electron chi connectivity index (χ3n) is 4.20. The van der Waals surface area contributed by atoms with Crippen LogP contribution >= 0.6 is 0 Å². The van der Waals surface area contributed by atoms with Gasteiger partial charge in [-0.15, -0.1) is 0 Å². The van der Waals surface area contributed by atoms with Crippen molar-refractivity contribution in [3.05, 3.63) is 47.3 Å². The fourth-order valence-electron chi connectivity index (χ4n) is 2.85. The summed E-state index contributed by atoms with van der Waals surface area (Å²) < 4.78 is 46.8. The molecule has 1 saturated heterocycles. The van der Waals surface area contributed by atoms with Crippen molar-refractivity contribution in [1.29, 1.82) is 0 Å². The van der Waals surface area contributed by atoms with Gasteiger partial charge in [-0.3, -0.25) is 4.79 Å². The molecule has 1 aliphatic heterocycles. The average Bonchev–Trinajstić information content (AvgIpc) is 3.22. The molecule has 0 radical (unpaired) electrons. The minimum absolute atomic E-state index is 0.129. The van der Waals surface area contributed by atoms with Crippen LogP contribution in [0.3, 0.4) is 0 Å². The van der Waals surface area contributed by atoms with Crippen molar-refractivity contribution in [1.82, 2.24) is 15.1 Å². The molecule has 134 valence electrons. The number of carbonyl (C=O) groups is 1. The highest BCUT2D eigenvalue weighted by Gasteiger charge is 2.40. The van der Waals surface area contributed by atoms with Gasteiger partial charge >= 0.3 is 6.18 Å². The number of halogens is 3. The monoisotopic (exact) mass is 353 g/mol. The van der Waals surface area contributed by atoms with Gasteiger partial charge < -0.3 is 10.1 Å². The standard InChI is InChI=1S/C17H18F3N3O2/c1-11-4-2-3-5-14(11)23-15(17(18,19)20)13(9-22-23)16(24)21-8-12-6-7-25-10-12/h2-5,9,12H,6-8,10H2,1H3,(H,21,24). The molecule has 1 atom stereocenters. The summed E-state index contributed by atoms with van der Waals surface area (Å²) in [4.78, 5) is 12.3. The molecule has 2 aromatic rings. The summed E-state index contributed by atoms with van der Waals surface area (Å²) in [5, 5.41) is 6.39. The number of benzene rings is 1. The number of nitrogens with one attached hydrogen (secondary N) is 1. The van der Waals surface area contributed by atoms with Crippen molar-refractivity contribution in [2.24, 2.45) is 5.92 Å². The van der Waals surface area contributed by atoms with E-state index in [9.17, 15) is 18.0 Å². The van der Waals surface area contributed by atoms with Gasteiger partial charge in [-0.05, 0) is 25.0 Å². The average molecular weight is 353 g/mol. The zero-order valence-electron chi connectivity index (χ0n) is 13.6. The van der Waals surface area contributed by atoms with Gasteiger partial charge in [0.05, 0.1) is 24.1 Å². The van der Waals surface area contributed by atoms with Crippen LogP contribution in [-0.2, 0) is 10.9 Å². The van der Waals surface area contributed by atoms with Crippen LogP contribution in [0.25, 0.3) is 5.69 Å². The number of amides is 1. The Balaban J connectivity index is 1.92. The normalized spacial score (nSPS) is 17.7. The van der Waals surface area contributed by atoms with E-state index in [4.69, 9.17) is 4.74 Å². The van der Waals surface area contributed by atoms with Gasteiger partial charge in [0.1, 0.15) is 0 Å². The van der Waals surface area contributed by atoms with Crippen molar-refractivity contribution in [3.63, 3.8) is 0 Å². The van der Waals surface area contributed by atoms with E-state index in [0.29, 0.717) is 18.8 Å². The van der Waals surface area contributed by atoms with Crippen LogP contribution in [0.5, 0.6) is 0 Å². The van der Waals surface area contributed by atoms with E-state index in [0.717, 1.165) is 17.3 Å². The lowest BCUT2D eigenvalue weighted by atomic mass is 10.1. The number of carbonyl (C=O) groups excluding carboxylic acids is 1. The highest BCUT2D eigenvalue weighted by Crippen LogP contribution is 2.34. The van der Waals surface area contributed by atoms with E-state index < -0.39 is 23.3 Å². The Kier molecular flexibility index (Phi) is 4.80. The van der Waals surface area contributed by atoms with Gasteiger partial charge in [0.15, 0.2) is 5.69 Å². The van der Waals surface area contributed by atoms with Crippen molar-refractivity contribution >= 4 is 5.91 Å². The van der Waals surface area contributed by atoms with Crippen LogP contribution in [0, 0.1) is 12.8 Å². The largest absolute Gasteiger partial charge is 0.434 e. The van der Waals surface area contributed by atoms with Gasteiger partial charge in [0.25, 0.3) is 5.91 Å². The molecule has 0 saturated carbocycles. The molecule has 8 heteroatoms. The Morgan fingerprint density at radius 1 is 1.40 bits per heavy atom. The third kappa shape index (κ3) is 3.68. The predicted octanol–water partition coefficient (Wildman–Crippen LogP) is 2.97. The summed E-state index contributed by atoms with van der Waals surface area (Å²) in [7, 11) is 0. The van der Waals surface area contributed by atoms with Crippen LogP contribution in [0.4, 0.5) is 13.2 Å². The molecule has 1 aromatic carbocycles. The molecule has 1 N–H and O–H groups in total. The second kappa shape index (κ2) is 6.87. The zero-order valence-corrected chi connectivity index (χ0v) is 13.6. The summed E-state index contributed by atoms with van der Waals surface area (Å²) in [5.74, 6) is -0.649. The molecular weight excluding hydrogens is 335 g/mol. The number of ether oxygens (including phenoxy) is 1. The van der Waals surface area contributed by atoms with Crippen LogP contribution in [0.15, 0.2) is 30.5 Å². The lowest BCUT2D eigenvalue weighted by Crippen LogP contribution is -2.31. The fraction of sp³-hybridized carbons (Fsp3) is 0.412. The number of hydrogen-bond donors (Lipinski definition) is 1. The molecular formula is C17H18F3N3O2. The number of nitrogens with zero attached hydrogens (tertiary/aromatic N) is 2. The Bertz CT molecular complexity index is 765. The zero-order chi connectivity index (χ0) is 18.0. The summed E-state index contributed by atoms with van der Waals surface area (Å²) in [6.45, 7) is 3.09. The second-order valence-electron chi connectivity index (χ2n) is 6.04. The Labute approximate surface area is 142 Å². The molecule has 1 aliphatic rings. The maximum absolute atomic E-state index is 13.6. The SMILES string of the molecule is Cc1ccccc1-n1ncc(C(=O)NCC2CCOC2)c1C(F)(F)F. The van der Waals surface area contributed by atoms with Gasteiger partial charge in [-0.25, -0.2) is 4.68 Å². The number of rotatable bonds is 4. The highest BCUT2D eigenvalue weighted by molar-refractivity contribution is 5.95. The van der Waals surface area contributed by atoms with Crippen molar-refractivity contribution < 1.29 is 22.7 Å². The quantitative estimate of drug-likeness (QED) is 0.919. The second-order valence-corrected chi connectivity index (χ2v) is 6.04. The predicted molar refractivity (Wildman–Crippen MR) is 84.6 cm³/mol. The minimum Gasteiger partial charge on any atom is -0.381 e. The van der Waals surface area contributed by atoms with Crippen molar-refractivity contribution in [2.75, 3.05) is 19.8 Å². The number of aryl methyl sites for hydroxylation is 1. The molecule has 1 fully saturated rings. The first-order valence-electron chi connectivity index (χ1n) is 7.95. The topological polar surface area (TPSA) is 56.2 Å². The lowest BCUT2D eigenvalue weighted by Gasteiger charge is -2.15. The maximum atomic E-state index is 13.6. The first-order valence-corrected chi connectivity index (χ1v) is 7.95. The van der Waals surface area contributed by atoms with Crippen LogP contribution in [0.2, 0.25) is 0 Å². The number of para-hydroxylation sites is 1. The number of aromatic nitrogens is 2. The van der Waals surface area contributed by atoms with Gasteiger partial charge in [0, 0.05) is 19.1 Å². The Morgan fingerprint density at radius 3 is 2.80 bits per heavy atom. The summed E-state index contributed by atoms with van der Waals surface area (Å²) >= 11 is 0. The minimum atomic E-state index is -4.71. The Morgan fingerprint density at radius 2 is 2.16 bits per heavy atom. The highest BCUT2D eigenvalue weighted by atomic mass is 19.4. The fourth-order valence-corrected chi connectivity index (χ4v) is 2.85. The van der Waals surface area contributed by atoms with Crippen LogP contribution in [-0.4, -0.2) is 35.4 Å². The van der Waals surface area contributed by atoms with Gasteiger partial charge in [-0.1, -0.05) is 18.2 Å². The molecule has 1 aromatic heterocycles. The van der Waals surface area contributed by atoms with Crippen molar-refractivity contribution in [2.45, 2.75) is 19.5 Å². The van der Waals surface area contributed by atoms with E-state index in [1.54, 1.807) is 25.1 Å². The van der Waals surface area contributed by atoms with E-state index in [-0.39, 0.29) is 18.2 Å². The van der Waals surface area contributed by atoms with Crippen molar-refractivity contribution in [3.8, 4) is 5.69 Å². The summed E-state index contributed by atoms with van der Waals surface area (Å²) in [5.41, 5.74) is -0.624. The molecule has 25 heavy (non-hydrogen) atoms. The molecule has 1 amide bonds. The molecule has 5 nitrogen and oxygen atoms in total. The van der Waals surface area contributed by atoms with E-state index in [1.807, 2.05) is 0 Å². The Hall–Kier alpha value is -2.35. The maximum Gasteiger partial charge on any atom is 0.434 e. The van der Waals surface area contributed by atoms with E-state index in [1.165, 1.54) is 6.07 Å². The van der Waals surface area contributed by atoms with E-state index in [2.05, 4.69) is 10.4 Å². The van der Waals surface area contributed by atoms with E-state index >= 15 is 0 Å². The molecule has 0 bridgehead atoms. The number of alkyl halides is 3. The molecule has 3 rings (SSSR count). The van der Waals surface area contributed by atoms with Gasteiger partial charge in [0.2, 0.25) is 0 Å². The van der Waals surface area contributed by atoms with Crippen LogP contribution in [0.1, 0.15) is 28.0 Å². The summed E-state index contributed by atoms with van der Waals surface area (Å²) in [6, 6.07) is 6.59. The number of hydrogen-bond acceptors (Lipinski definition) is 3. The molecule has 0 aliphatic carbocycles. The lowest BCUT2D eigenvalue weighted by molar-refractivity contribution is -0.143. The third-order valence-corrected chi connectivity index (χ3v) is 4.20. The summed E-state index contributed by atoms with van der Waals surface area (Å²) in [6.07, 6.45) is -2.95. The first kappa shape index (κ1) is 17.5. The first-order chi connectivity index (χ1) is 11.9. The molecule has 1 unspecified atom stereocenters. The van der Waals surface area contributed by atoms with Gasteiger partial charge in [-0.2, -0.15) is 18.3 Å². The molecule has 0 spiro atoms. The molecule has 2 heterocycles. The van der Waals surface area contributed by atoms with Crippen LogP contribution < -0.4 is 5.32 Å².